The van der Waals surface area contributed by atoms with Crippen LogP contribution in [0.15, 0.2) is 188 Å². The van der Waals surface area contributed by atoms with E-state index in [1.807, 2.05) is 29.0 Å². The summed E-state index contributed by atoms with van der Waals surface area (Å²) in [6.45, 7) is 15.9. The van der Waals surface area contributed by atoms with Crippen LogP contribution < -0.4 is 9.30 Å². The number of fused-ring (bicyclic) bond motifs is 3. The van der Waals surface area contributed by atoms with Gasteiger partial charge in [0.1, 0.15) is 5.82 Å². The van der Waals surface area contributed by atoms with E-state index in [-0.39, 0.29) is 31.9 Å². The zero-order chi connectivity index (χ0) is 44.9. The van der Waals surface area contributed by atoms with Gasteiger partial charge in [-0.25, -0.2) is 4.98 Å². The third kappa shape index (κ3) is 8.33. The minimum absolute atomic E-state index is 0. The molecular formula is C60H52N4OPt-2. The zero-order valence-electron chi connectivity index (χ0n) is 38.4. The van der Waals surface area contributed by atoms with Crippen molar-refractivity contribution >= 4 is 21.8 Å². The normalized spacial score (nSPS) is 12.0. The Hall–Kier alpha value is -6.81. The molecule has 10 aromatic rings. The molecule has 3 heterocycles. The van der Waals surface area contributed by atoms with E-state index in [1.54, 1.807) is 0 Å². The van der Waals surface area contributed by atoms with E-state index >= 15 is 0 Å². The van der Waals surface area contributed by atoms with Crippen molar-refractivity contribution in [2.75, 3.05) is 0 Å². The Morgan fingerprint density at radius 1 is 0.530 bits per heavy atom. The molecule has 0 amide bonds. The van der Waals surface area contributed by atoms with Gasteiger partial charge in [0.05, 0.1) is 11.4 Å². The number of para-hydroxylation sites is 1. The van der Waals surface area contributed by atoms with Gasteiger partial charge in [0, 0.05) is 61.3 Å². The van der Waals surface area contributed by atoms with Crippen LogP contribution in [0.25, 0.3) is 50.1 Å². The van der Waals surface area contributed by atoms with Crippen molar-refractivity contribution in [3.8, 4) is 39.8 Å². The minimum Gasteiger partial charge on any atom is -0.510 e. The fourth-order valence-corrected chi connectivity index (χ4v) is 8.99. The molecule has 0 saturated carbocycles. The average Bonchev–Trinajstić information content (AvgIpc) is 3.93. The van der Waals surface area contributed by atoms with Crippen molar-refractivity contribution in [1.82, 2.24) is 14.1 Å². The van der Waals surface area contributed by atoms with Crippen molar-refractivity contribution in [3.63, 3.8) is 0 Å². The van der Waals surface area contributed by atoms with Gasteiger partial charge in [-0.05, 0) is 80.2 Å². The van der Waals surface area contributed by atoms with E-state index in [2.05, 4.69) is 240 Å². The summed E-state index contributed by atoms with van der Waals surface area (Å²) in [4.78, 5) is 4.86. The van der Waals surface area contributed by atoms with Crippen LogP contribution in [0.2, 0.25) is 0 Å². The molecule has 0 bridgehead atoms. The molecule has 0 aliphatic carbocycles. The van der Waals surface area contributed by atoms with E-state index < -0.39 is 5.41 Å². The van der Waals surface area contributed by atoms with Crippen LogP contribution in [-0.2, 0) is 37.3 Å². The molecule has 3 aromatic heterocycles. The smallest absolute Gasteiger partial charge is 0.267 e. The Balaban J connectivity index is 0.00000548. The summed E-state index contributed by atoms with van der Waals surface area (Å²) >= 11 is 0. The van der Waals surface area contributed by atoms with Crippen LogP contribution in [0.4, 0.5) is 0 Å². The maximum atomic E-state index is 6.65. The predicted molar refractivity (Wildman–Crippen MR) is 264 cm³/mol. The van der Waals surface area contributed by atoms with Crippen molar-refractivity contribution in [2.24, 2.45) is 0 Å². The molecule has 0 N–H and O–H groups in total. The molecule has 0 aliphatic rings. The fourth-order valence-electron chi connectivity index (χ4n) is 8.99. The third-order valence-electron chi connectivity index (χ3n) is 13.0. The number of nitrogens with zero attached hydrogens (tertiary/aromatic N) is 4. The second kappa shape index (κ2) is 17.5. The van der Waals surface area contributed by atoms with Crippen molar-refractivity contribution in [2.45, 2.75) is 64.7 Å². The predicted octanol–water partition coefficient (Wildman–Crippen LogP) is 14.1. The van der Waals surface area contributed by atoms with Gasteiger partial charge in [-0.2, -0.15) is 18.2 Å². The molecule has 10 rings (SSSR count). The van der Waals surface area contributed by atoms with Crippen LogP contribution in [0.1, 0.15) is 76.4 Å². The molecule has 0 unspecified atom stereocenters. The van der Waals surface area contributed by atoms with Crippen LogP contribution >= 0.6 is 0 Å². The number of aromatic nitrogens is 4. The SMILES string of the molecule is CC(C)(C)c1ccnc(-n2c3[c-]c(Oc4[c-]c(-n5[c-][n+](-c6cc(-c7ccccc7)cc(C(C)(C)c7ccccc7)c6)c(C(C)(C)c6ccccc6)c5)ccc4)ccc3c3ccccc32)c1.[Pt]. The maximum absolute atomic E-state index is 6.65. The van der Waals surface area contributed by atoms with Gasteiger partial charge in [-0.3, -0.25) is 4.57 Å². The molecular weight excluding hydrogens is 988 g/mol. The monoisotopic (exact) mass is 1040 g/mol. The summed E-state index contributed by atoms with van der Waals surface area (Å²) in [5.41, 5.74) is 11.3. The number of ether oxygens (including phenoxy) is 1. The molecule has 0 fully saturated rings. The molecule has 5 nitrogen and oxygen atoms in total. The van der Waals surface area contributed by atoms with Gasteiger partial charge in [-0.1, -0.05) is 169 Å². The summed E-state index contributed by atoms with van der Waals surface area (Å²) in [6, 6.07) is 69.1. The van der Waals surface area contributed by atoms with E-state index in [9.17, 15) is 0 Å². The summed E-state index contributed by atoms with van der Waals surface area (Å²) in [5.74, 6) is 2.01. The molecule has 0 saturated heterocycles. The molecule has 6 heteroatoms. The molecule has 330 valence electrons. The molecule has 66 heavy (non-hydrogen) atoms. The topological polar surface area (TPSA) is 35.9 Å². The Kier molecular flexibility index (Phi) is 11.8. The molecule has 0 atom stereocenters. The Labute approximate surface area is 403 Å². The number of hydrogen-bond acceptors (Lipinski definition) is 2. The molecule has 7 aromatic carbocycles. The quantitative estimate of drug-likeness (QED) is 0.101. The first-order chi connectivity index (χ1) is 31.3. The van der Waals surface area contributed by atoms with Crippen molar-refractivity contribution in [3.05, 3.63) is 235 Å². The van der Waals surface area contributed by atoms with Gasteiger partial charge in [-0.15, -0.1) is 29.7 Å². The van der Waals surface area contributed by atoms with E-state index in [4.69, 9.17) is 9.72 Å². The molecule has 0 spiro atoms. The standard InChI is InChI=1S/C60H52N4O.Pt/c1-58(2,3)46-32-33-61-57(37-46)64-54-29-18-17-28-52(54)53-31-30-51(39-55(53)64)65-50-27-19-26-48(38-50)62-40-56(60(6,7)45-24-15-10-16-25-45)63(41-62)49-35-43(42-20-11-8-12-21-42)34-47(36-49)59(4,5)44-22-13-9-14-23-44;/h8-37,40H,1-7H3;/q-2;. The Morgan fingerprint density at radius 2 is 1.18 bits per heavy atom. The van der Waals surface area contributed by atoms with E-state index in [0.29, 0.717) is 11.5 Å². The number of imidazole rings is 1. The first-order valence-corrected chi connectivity index (χ1v) is 22.4. The number of benzene rings is 7. The number of pyridine rings is 1. The Morgan fingerprint density at radius 3 is 1.89 bits per heavy atom. The van der Waals surface area contributed by atoms with Gasteiger partial charge in [0.15, 0.2) is 0 Å². The second-order valence-corrected chi connectivity index (χ2v) is 19.0. The summed E-state index contributed by atoms with van der Waals surface area (Å²) < 4.78 is 13.1. The minimum atomic E-state index is -0.404. The van der Waals surface area contributed by atoms with Crippen LogP contribution in [0, 0.1) is 18.5 Å². The van der Waals surface area contributed by atoms with Crippen LogP contribution in [0.3, 0.4) is 0 Å². The largest absolute Gasteiger partial charge is 0.510 e. The fraction of sp³-hybridized carbons (Fsp3) is 0.167. The first kappa shape index (κ1) is 44.4. The van der Waals surface area contributed by atoms with E-state index in [1.165, 1.54) is 22.3 Å². The molecule has 0 aliphatic heterocycles. The van der Waals surface area contributed by atoms with Gasteiger partial charge in [0.25, 0.3) is 6.33 Å². The van der Waals surface area contributed by atoms with Crippen LogP contribution in [0.5, 0.6) is 11.5 Å². The van der Waals surface area contributed by atoms with Gasteiger partial charge >= 0.3 is 0 Å². The second-order valence-electron chi connectivity index (χ2n) is 19.0. The van der Waals surface area contributed by atoms with Gasteiger partial charge < -0.3 is 13.9 Å². The van der Waals surface area contributed by atoms with Gasteiger partial charge in [0.2, 0.25) is 0 Å². The van der Waals surface area contributed by atoms with Crippen molar-refractivity contribution in [1.29, 1.82) is 0 Å². The maximum Gasteiger partial charge on any atom is 0.267 e. The van der Waals surface area contributed by atoms with E-state index in [0.717, 1.165) is 55.8 Å². The summed E-state index contributed by atoms with van der Waals surface area (Å²) in [5, 5.41) is 2.22. The molecule has 0 radical (unpaired) electrons. The summed E-state index contributed by atoms with van der Waals surface area (Å²) in [6.07, 6.45) is 7.88. The number of hydrogen-bond donors (Lipinski definition) is 0. The first-order valence-electron chi connectivity index (χ1n) is 22.4. The Bertz CT molecular complexity index is 3320. The average molecular weight is 1040 g/mol. The van der Waals surface area contributed by atoms with Crippen LogP contribution in [-0.4, -0.2) is 14.1 Å². The van der Waals surface area contributed by atoms with Crippen molar-refractivity contribution < 1.29 is 30.4 Å². The summed E-state index contributed by atoms with van der Waals surface area (Å²) in [7, 11) is 0. The zero-order valence-corrected chi connectivity index (χ0v) is 40.7. The third-order valence-corrected chi connectivity index (χ3v) is 13.0. The number of rotatable bonds is 10.